The van der Waals surface area contributed by atoms with Crippen molar-refractivity contribution in [3.63, 3.8) is 0 Å². The molecule has 0 spiro atoms. The molecule has 2 fully saturated rings. The first-order valence-corrected chi connectivity index (χ1v) is 16.3. The third-order valence-electron chi connectivity index (χ3n) is 8.74. The van der Waals surface area contributed by atoms with Crippen LogP contribution in [-0.4, -0.2) is 71.6 Å². The monoisotopic (exact) mass is 625 g/mol. The highest BCUT2D eigenvalue weighted by Gasteiger charge is 2.41. The topological polar surface area (TPSA) is 49.4 Å². The van der Waals surface area contributed by atoms with Crippen molar-refractivity contribution in [1.29, 1.82) is 0 Å². The van der Waals surface area contributed by atoms with E-state index < -0.39 is 0 Å². The minimum Gasteiger partial charge on any atom is -0.493 e. The van der Waals surface area contributed by atoms with Crippen molar-refractivity contribution < 1.29 is 23.7 Å². The summed E-state index contributed by atoms with van der Waals surface area (Å²) >= 11 is 4.13. The first-order valence-electron chi connectivity index (χ1n) is 14.4. The number of benzene rings is 2. The van der Waals surface area contributed by atoms with Gasteiger partial charge in [-0.05, 0) is 86.6 Å². The molecule has 0 N–H and O–H groups in total. The van der Waals surface area contributed by atoms with Crippen LogP contribution in [0.2, 0.25) is 0 Å². The molecule has 1 saturated heterocycles. The Morgan fingerprint density at radius 1 is 0.732 bits per heavy atom. The summed E-state index contributed by atoms with van der Waals surface area (Å²) in [6.45, 7) is 3.41. The highest BCUT2D eigenvalue weighted by molar-refractivity contribution is 8.18. The number of halogens is 1. The van der Waals surface area contributed by atoms with E-state index in [0.29, 0.717) is 11.8 Å². The standard InChI is InChI=1S/C32H47NO5S2.ClH/c1-23(21-32(39-16-11-17-40-32)25-19-28(36-5)30(38-7)29(20-25)37-6)33(2)22-31(14-9-8-10-15-31)24-12-13-26(34-3)27(18-24)35-4;/h12-13,18-20,23H,8-11,14-17,21-22H2,1-7H3;1H. The maximum Gasteiger partial charge on any atom is 0.203 e. The Bertz CT molecular complexity index is 1100. The summed E-state index contributed by atoms with van der Waals surface area (Å²) < 4.78 is 28.3. The molecule has 0 bridgehead atoms. The van der Waals surface area contributed by atoms with Gasteiger partial charge in [0, 0.05) is 18.0 Å². The van der Waals surface area contributed by atoms with E-state index in [0.717, 1.165) is 47.5 Å². The smallest absolute Gasteiger partial charge is 0.203 e. The highest BCUT2D eigenvalue weighted by atomic mass is 35.5. The van der Waals surface area contributed by atoms with Crippen LogP contribution < -0.4 is 23.7 Å². The Kier molecular flexibility index (Phi) is 12.6. The molecule has 2 aromatic rings. The molecule has 1 heterocycles. The van der Waals surface area contributed by atoms with Crippen LogP contribution in [0.4, 0.5) is 0 Å². The van der Waals surface area contributed by atoms with Gasteiger partial charge in [-0.2, -0.15) is 0 Å². The van der Waals surface area contributed by atoms with Crippen molar-refractivity contribution in [1.82, 2.24) is 4.90 Å². The average Bonchev–Trinajstić information content (AvgIpc) is 3.00. The van der Waals surface area contributed by atoms with Gasteiger partial charge in [-0.25, -0.2) is 0 Å². The molecule has 1 aliphatic heterocycles. The van der Waals surface area contributed by atoms with Gasteiger partial charge in [-0.15, -0.1) is 35.9 Å². The Labute approximate surface area is 262 Å². The Morgan fingerprint density at radius 3 is 1.83 bits per heavy atom. The first kappa shape index (κ1) is 33.9. The second-order valence-electron chi connectivity index (χ2n) is 11.1. The SMILES string of the molecule is COc1ccc(C2(CN(C)C(C)CC3(c4cc(OC)c(OC)c(OC)c4)SCCCS3)CCCCC2)cc1OC.Cl. The van der Waals surface area contributed by atoms with Gasteiger partial charge < -0.3 is 28.6 Å². The summed E-state index contributed by atoms with van der Waals surface area (Å²) in [5.41, 5.74) is 2.71. The summed E-state index contributed by atoms with van der Waals surface area (Å²) in [4.78, 5) is 2.59. The van der Waals surface area contributed by atoms with Crippen molar-refractivity contribution in [2.24, 2.45) is 0 Å². The zero-order valence-corrected chi connectivity index (χ0v) is 28.2. The maximum atomic E-state index is 5.75. The molecule has 2 aliphatic rings. The van der Waals surface area contributed by atoms with Crippen molar-refractivity contribution in [3.8, 4) is 28.7 Å². The quantitative estimate of drug-likeness (QED) is 0.237. The number of hydrogen-bond acceptors (Lipinski definition) is 8. The van der Waals surface area contributed by atoms with Gasteiger partial charge >= 0.3 is 0 Å². The number of hydrogen-bond donors (Lipinski definition) is 0. The largest absolute Gasteiger partial charge is 0.493 e. The lowest BCUT2D eigenvalue weighted by atomic mass is 9.69. The molecule has 0 amide bonds. The number of ether oxygens (including phenoxy) is 5. The lowest BCUT2D eigenvalue weighted by Crippen LogP contribution is -2.45. The molecule has 9 heteroatoms. The van der Waals surface area contributed by atoms with Gasteiger partial charge in [0.15, 0.2) is 23.0 Å². The van der Waals surface area contributed by atoms with Crippen molar-refractivity contribution in [3.05, 3.63) is 41.5 Å². The fourth-order valence-corrected chi connectivity index (χ4v) is 9.93. The van der Waals surface area contributed by atoms with Crippen LogP contribution in [0.25, 0.3) is 0 Å². The molecule has 1 aliphatic carbocycles. The van der Waals surface area contributed by atoms with E-state index in [2.05, 4.69) is 72.7 Å². The number of methoxy groups -OCH3 is 5. The molecule has 41 heavy (non-hydrogen) atoms. The third kappa shape index (κ3) is 7.31. The minimum absolute atomic E-state index is 0. The molecular weight excluding hydrogens is 578 g/mol. The van der Waals surface area contributed by atoms with Crippen LogP contribution in [0.1, 0.15) is 63.0 Å². The van der Waals surface area contributed by atoms with E-state index in [1.807, 2.05) is 0 Å². The van der Waals surface area contributed by atoms with Crippen LogP contribution in [0, 0.1) is 0 Å². The predicted octanol–water partition coefficient (Wildman–Crippen LogP) is 7.79. The normalized spacial score (nSPS) is 18.6. The Balaban J connectivity index is 0.00000462. The third-order valence-corrected chi connectivity index (χ3v) is 12.2. The van der Waals surface area contributed by atoms with Crippen molar-refractivity contribution in [2.75, 3.05) is 60.6 Å². The van der Waals surface area contributed by atoms with Crippen molar-refractivity contribution >= 4 is 35.9 Å². The van der Waals surface area contributed by atoms with Gasteiger partial charge in [0.05, 0.1) is 39.6 Å². The van der Waals surface area contributed by atoms with Crippen LogP contribution >= 0.6 is 35.9 Å². The molecule has 6 nitrogen and oxygen atoms in total. The molecule has 0 aromatic heterocycles. The molecule has 1 saturated carbocycles. The second kappa shape index (κ2) is 15.2. The number of likely N-dealkylation sites (N-methyl/N-ethyl adjacent to an activating group) is 1. The minimum atomic E-state index is -0.0815. The van der Waals surface area contributed by atoms with E-state index >= 15 is 0 Å². The van der Waals surface area contributed by atoms with Crippen LogP contribution in [0.15, 0.2) is 30.3 Å². The number of nitrogens with zero attached hydrogens (tertiary/aromatic N) is 1. The summed E-state index contributed by atoms with van der Waals surface area (Å²) in [5, 5.41) is 0. The van der Waals surface area contributed by atoms with Crippen LogP contribution in [-0.2, 0) is 9.49 Å². The fourth-order valence-electron chi connectivity index (χ4n) is 6.39. The highest BCUT2D eigenvalue weighted by Crippen LogP contribution is 2.56. The summed E-state index contributed by atoms with van der Waals surface area (Å²) in [5.74, 6) is 5.99. The van der Waals surface area contributed by atoms with E-state index in [4.69, 9.17) is 23.7 Å². The number of thioether (sulfide) groups is 2. The molecule has 0 radical (unpaired) electrons. The average molecular weight is 626 g/mol. The van der Waals surface area contributed by atoms with E-state index in [-0.39, 0.29) is 21.9 Å². The van der Waals surface area contributed by atoms with Crippen LogP contribution in [0.3, 0.4) is 0 Å². The predicted molar refractivity (Wildman–Crippen MR) is 176 cm³/mol. The van der Waals surface area contributed by atoms with Crippen LogP contribution in [0.5, 0.6) is 28.7 Å². The molecule has 4 rings (SSSR count). The number of rotatable bonds is 12. The van der Waals surface area contributed by atoms with E-state index in [1.54, 1.807) is 35.5 Å². The van der Waals surface area contributed by atoms with E-state index in [9.17, 15) is 0 Å². The summed E-state index contributed by atoms with van der Waals surface area (Å²) in [6.07, 6.45) is 8.48. The Hall–Kier alpha value is -1.61. The van der Waals surface area contributed by atoms with Gasteiger partial charge in [-0.1, -0.05) is 25.3 Å². The van der Waals surface area contributed by atoms with Gasteiger partial charge in [0.2, 0.25) is 5.75 Å². The molecule has 2 aromatic carbocycles. The van der Waals surface area contributed by atoms with Gasteiger partial charge in [-0.3, -0.25) is 0 Å². The van der Waals surface area contributed by atoms with Gasteiger partial charge in [0.1, 0.15) is 0 Å². The molecule has 1 atom stereocenters. The lowest BCUT2D eigenvalue weighted by Gasteiger charge is -2.45. The lowest BCUT2D eigenvalue weighted by molar-refractivity contribution is 0.153. The summed E-state index contributed by atoms with van der Waals surface area (Å²) in [6, 6.07) is 11.2. The zero-order valence-electron chi connectivity index (χ0n) is 25.7. The van der Waals surface area contributed by atoms with E-state index in [1.165, 1.54) is 49.7 Å². The fraction of sp³-hybridized carbons (Fsp3) is 0.625. The molecule has 230 valence electrons. The van der Waals surface area contributed by atoms with Gasteiger partial charge in [0.25, 0.3) is 0 Å². The molecule has 1 unspecified atom stereocenters. The zero-order chi connectivity index (χ0) is 28.8. The first-order chi connectivity index (χ1) is 19.3. The van der Waals surface area contributed by atoms with Crippen molar-refractivity contribution in [2.45, 2.75) is 67.4 Å². The second-order valence-corrected chi connectivity index (χ2v) is 14.1. The summed E-state index contributed by atoms with van der Waals surface area (Å²) in [7, 11) is 10.8. The molecular formula is C32H48ClNO5S2. The maximum absolute atomic E-state index is 5.75. The Morgan fingerprint density at radius 2 is 1.29 bits per heavy atom.